The van der Waals surface area contributed by atoms with Gasteiger partial charge in [0.05, 0.1) is 15.9 Å². The molecule has 0 bridgehead atoms. The Bertz CT molecular complexity index is 1310. The van der Waals surface area contributed by atoms with Gasteiger partial charge in [0.2, 0.25) is 21.8 Å². The SMILES string of the molecule is O=C(Cn1c(C(F)(F)F)nc2ccccc21)N1CCN(S(=O)(=O)c2ccc(F)c(F)c2)CC1. The van der Waals surface area contributed by atoms with E-state index < -0.39 is 51.0 Å². The molecule has 0 radical (unpaired) electrons. The van der Waals surface area contributed by atoms with E-state index in [-0.39, 0.29) is 37.2 Å². The number of alkyl halides is 3. The lowest BCUT2D eigenvalue weighted by molar-refractivity contribution is -0.148. The molecule has 0 saturated carbocycles. The van der Waals surface area contributed by atoms with Crippen molar-refractivity contribution >= 4 is 27.0 Å². The van der Waals surface area contributed by atoms with Crippen molar-refractivity contribution in [2.45, 2.75) is 17.6 Å². The van der Waals surface area contributed by atoms with Crippen molar-refractivity contribution in [2.24, 2.45) is 0 Å². The summed E-state index contributed by atoms with van der Waals surface area (Å²) in [6.07, 6.45) is -4.77. The molecule has 0 aliphatic carbocycles. The quantitative estimate of drug-likeness (QED) is 0.530. The second-order valence-electron chi connectivity index (χ2n) is 7.37. The number of rotatable bonds is 4. The number of hydrogen-bond donors (Lipinski definition) is 0. The van der Waals surface area contributed by atoms with Gasteiger partial charge in [0.1, 0.15) is 6.54 Å². The molecule has 13 heteroatoms. The third kappa shape index (κ3) is 4.42. The fraction of sp³-hybridized carbons (Fsp3) is 0.300. The minimum atomic E-state index is -4.77. The highest BCUT2D eigenvalue weighted by molar-refractivity contribution is 7.89. The first-order chi connectivity index (χ1) is 15.5. The number of para-hydroxylation sites is 2. The molecule has 0 spiro atoms. The summed E-state index contributed by atoms with van der Waals surface area (Å²) in [5.74, 6) is -4.32. The van der Waals surface area contributed by atoms with Crippen LogP contribution in [0, 0.1) is 11.6 Å². The summed E-state index contributed by atoms with van der Waals surface area (Å²) in [6, 6.07) is 8.13. The Kier molecular flexibility index (Phi) is 5.86. The molecule has 176 valence electrons. The van der Waals surface area contributed by atoms with Gasteiger partial charge < -0.3 is 9.47 Å². The van der Waals surface area contributed by atoms with E-state index in [9.17, 15) is 35.2 Å². The van der Waals surface area contributed by atoms with Crippen LogP contribution in [0.1, 0.15) is 5.82 Å². The van der Waals surface area contributed by atoms with Gasteiger partial charge in [0.25, 0.3) is 0 Å². The monoisotopic (exact) mass is 488 g/mol. The first-order valence-corrected chi connectivity index (χ1v) is 11.2. The van der Waals surface area contributed by atoms with E-state index in [0.717, 1.165) is 14.9 Å². The molecule has 2 aromatic carbocycles. The Morgan fingerprint density at radius 1 is 0.970 bits per heavy atom. The average molecular weight is 488 g/mol. The molecule has 1 aliphatic heterocycles. The van der Waals surface area contributed by atoms with Gasteiger partial charge in [-0.1, -0.05) is 12.1 Å². The molecule has 4 rings (SSSR count). The summed E-state index contributed by atoms with van der Waals surface area (Å²) in [7, 11) is -4.13. The molecule has 3 aromatic rings. The summed E-state index contributed by atoms with van der Waals surface area (Å²) in [5, 5.41) is 0. The van der Waals surface area contributed by atoms with Gasteiger partial charge in [-0.25, -0.2) is 22.2 Å². The zero-order valence-corrected chi connectivity index (χ0v) is 17.7. The van der Waals surface area contributed by atoms with Crippen molar-refractivity contribution in [2.75, 3.05) is 26.2 Å². The van der Waals surface area contributed by atoms with E-state index in [1.165, 1.54) is 29.2 Å². The highest BCUT2D eigenvalue weighted by atomic mass is 32.2. The highest BCUT2D eigenvalue weighted by Gasteiger charge is 2.38. The molecule has 33 heavy (non-hydrogen) atoms. The van der Waals surface area contributed by atoms with Gasteiger partial charge in [-0.05, 0) is 30.3 Å². The predicted octanol–water partition coefficient (Wildman–Crippen LogP) is 2.87. The maximum absolute atomic E-state index is 13.5. The predicted molar refractivity (Wildman–Crippen MR) is 106 cm³/mol. The van der Waals surface area contributed by atoms with Crippen LogP contribution in [0.2, 0.25) is 0 Å². The second-order valence-corrected chi connectivity index (χ2v) is 9.31. The number of halogens is 5. The third-order valence-electron chi connectivity index (χ3n) is 5.32. The van der Waals surface area contributed by atoms with Crippen LogP contribution < -0.4 is 0 Å². The summed E-state index contributed by atoms with van der Waals surface area (Å²) in [5.41, 5.74) is 0.248. The fourth-order valence-corrected chi connectivity index (χ4v) is 5.09. The summed E-state index contributed by atoms with van der Waals surface area (Å²) in [6.45, 7) is -1.07. The van der Waals surface area contributed by atoms with Crippen molar-refractivity contribution in [3.8, 4) is 0 Å². The standard InChI is InChI=1S/C20H17F5N4O3S/c21-14-6-5-13(11-15(14)22)33(31,32)28-9-7-27(8-10-28)18(30)12-29-17-4-2-1-3-16(17)26-19(29)20(23,24)25/h1-6,11H,7-10,12H2. The lowest BCUT2D eigenvalue weighted by Crippen LogP contribution is -2.51. The van der Waals surface area contributed by atoms with Crippen LogP contribution in [0.4, 0.5) is 22.0 Å². The van der Waals surface area contributed by atoms with Crippen molar-refractivity contribution in [1.82, 2.24) is 18.8 Å². The van der Waals surface area contributed by atoms with Crippen LogP contribution in [0.3, 0.4) is 0 Å². The lowest BCUT2D eigenvalue weighted by Gasteiger charge is -2.34. The Hall–Kier alpha value is -3.06. The Labute approximate surface area is 185 Å². The van der Waals surface area contributed by atoms with E-state index in [2.05, 4.69) is 4.98 Å². The molecule has 2 heterocycles. The number of sulfonamides is 1. The number of fused-ring (bicyclic) bond motifs is 1. The first kappa shape index (κ1) is 23.1. The molecule has 7 nitrogen and oxygen atoms in total. The number of nitrogens with zero attached hydrogens (tertiary/aromatic N) is 4. The van der Waals surface area contributed by atoms with Crippen LogP contribution in [0.25, 0.3) is 11.0 Å². The number of amides is 1. The van der Waals surface area contributed by atoms with Gasteiger partial charge in [0, 0.05) is 26.2 Å². The minimum Gasteiger partial charge on any atom is -0.339 e. The smallest absolute Gasteiger partial charge is 0.339 e. The van der Waals surface area contributed by atoms with Crippen LogP contribution in [0.5, 0.6) is 0 Å². The zero-order chi connectivity index (χ0) is 24.0. The van der Waals surface area contributed by atoms with Gasteiger partial charge in [-0.2, -0.15) is 17.5 Å². The Morgan fingerprint density at radius 2 is 1.64 bits per heavy atom. The molecule has 1 aromatic heterocycles. The maximum Gasteiger partial charge on any atom is 0.449 e. The molecule has 1 aliphatic rings. The van der Waals surface area contributed by atoms with Crippen LogP contribution in [-0.4, -0.2) is 59.3 Å². The summed E-state index contributed by atoms with van der Waals surface area (Å²) >= 11 is 0. The molecule has 0 N–H and O–H groups in total. The maximum atomic E-state index is 13.5. The largest absolute Gasteiger partial charge is 0.449 e. The van der Waals surface area contributed by atoms with Crippen LogP contribution in [0.15, 0.2) is 47.4 Å². The number of hydrogen-bond acceptors (Lipinski definition) is 4. The van der Waals surface area contributed by atoms with E-state index in [0.29, 0.717) is 12.1 Å². The zero-order valence-electron chi connectivity index (χ0n) is 16.9. The van der Waals surface area contributed by atoms with Crippen molar-refractivity contribution in [1.29, 1.82) is 0 Å². The summed E-state index contributed by atoms with van der Waals surface area (Å²) in [4.78, 5) is 17.2. The number of piperazine rings is 1. The second kappa shape index (κ2) is 8.37. The normalized spacial score (nSPS) is 15.8. The molecule has 0 unspecified atom stereocenters. The van der Waals surface area contributed by atoms with E-state index in [4.69, 9.17) is 0 Å². The summed E-state index contributed by atoms with van der Waals surface area (Å²) < 4.78 is 94.1. The van der Waals surface area contributed by atoms with Gasteiger partial charge in [-0.3, -0.25) is 4.79 Å². The average Bonchev–Trinajstić information content (AvgIpc) is 3.14. The third-order valence-corrected chi connectivity index (χ3v) is 7.22. The first-order valence-electron chi connectivity index (χ1n) is 9.74. The number of carbonyl (C=O) groups is 1. The number of carbonyl (C=O) groups excluding carboxylic acids is 1. The van der Waals surface area contributed by atoms with Gasteiger partial charge >= 0.3 is 6.18 Å². The van der Waals surface area contributed by atoms with E-state index in [1.807, 2.05) is 0 Å². The molecule has 1 fully saturated rings. The van der Waals surface area contributed by atoms with Gasteiger partial charge in [-0.15, -0.1) is 0 Å². The van der Waals surface area contributed by atoms with Crippen LogP contribution in [-0.2, 0) is 27.5 Å². The van der Waals surface area contributed by atoms with Crippen LogP contribution >= 0.6 is 0 Å². The van der Waals surface area contributed by atoms with Gasteiger partial charge in [0.15, 0.2) is 11.6 Å². The Balaban J connectivity index is 1.49. The topological polar surface area (TPSA) is 75.5 Å². The lowest BCUT2D eigenvalue weighted by atomic mass is 10.3. The molecule has 1 saturated heterocycles. The number of benzene rings is 2. The molecular weight excluding hydrogens is 471 g/mol. The van der Waals surface area contributed by atoms with Crippen molar-refractivity contribution in [3.63, 3.8) is 0 Å². The van der Waals surface area contributed by atoms with Crippen molar-refractivity contribution in [3.05, 3.63) is 59.9 Å². The van der Waals surface area contributed by atoms with E-state index >= 15 is 0 Å². The fourth-order valence-electron chi connectivity index (χ4n) is 3.65. The van der Waals surface area contributed by atoms with Crippen molar-refractivity contribution < 1.29 is 35.2 Å². The minimum absolute atomic E-state index is 0.0737. The molecule has 0 atom stereocenters. The van der Waals surface area contributed by atoms with E-state index in [1.54, 1.807) is 0 Å². The number of imidazole rings is 1. The molecular formula is C20H17F5N4O3S. The molecule has 1 amide bonds. The number of aromatic nitrogens is 2. The Morgan fingerprint density at radius 3 is 2.27 bits per heavy atom. The highest BCUT2D eigenvalue weighted by Crippen LogP contribution is 2.31.